The summed E-state index contributed by atoms with van der Waals surface area (Å²) in [6.45, 7) is 8.40. The fourth-order valence-corrected chi connectivity index (χ4v) is 2.25. The zero-order valence-electron chi connectivity index (χ0n) is 12.6. The van der Waals surface area contributed by atoms with Crippen LogP contribution in [-0.2, 0) is 19.0 Å². The topological polar surface area (TPSA) is 44.8 Å². The van der Waals surface area contributed by atoms with Gasteiger partial charge in [0.25, 0.3) is 0 Å². The molecule has 1 aliphatic heterocycles. The largest absolute Gasteiger partial charge is 0.381 e. The highest BCUT2D eigenvalue weighted by atomic mass is 16.7. The van der Waals surface area contributed by atoms with Gasteiger partial charge in [0.15, 0.2) is 5.79 Å². The molecule has 1 rings (SSSR count). The van der Waals surface area contributed by atoms with Gasteiger partial charge in [-0.25, -0.2) is 0 Å². The summed E-state index contributed by atoms with van der Waals surface area (Å²) in [4.78, 5) is 10.8. The van der Waals surface area contributed by atoms with Gasteiger partial charge in [0, 0.05) is 13.0 Å². The number of hydrogen-bond acceptors (Lipinski definition) is 4. The molecule has 0 radical (unpaired) electrons. The Labute approximate surface area is 116 Å². The van der Waals surface area contributed by atoms with E-state index in [1.807, 2.05) is 20.8 Å². The van der Waals surface area contributed by atoms with Crippen LogP contribution < -0.4 is 0 Å². The summed E-state index contributed by atoms with van der Waals surface area (Å²) in [5, 5.41) is 0. The lowest BCUT2D eigenvalue weighted by Gasteiger charge is -2.18. The molecule has 4 nitrogen and oxygen atoms in total. The molecular weight excluding hydrogens is 244 g/mol. The van der Waals surface area contributed by atoms with Gasteiger partial charge in [0.1, 0.15) is 12.4 Å². The maximum absolute atomic E-state index is 10.8. The Balaban J connectivity index is 2.42. The van der Waals surface area contributed by atoms with E-state index in [1.54, 1.807) is 7.11 Å². The van der Waals surface area contributed by atoms with Gasteiger partial charge in [0.2, 0.25) is 0 Å². The highest BCUT2D eigenvalue weighted by molar-refractivity contribution is 5.53. The van der Waals surface area contributed by atoms with Crippen molar-refractivity contribution in [2.75, 3.05) is 13.7 Å². The molecule has 0 saturated carbocycles. The average Bonchev–Trinajstić information content (AvgIpc) is 2.68. The van der Waals surface area contributed by atoms with Crippen LogP contribution in [0.15, 0.2) is 11.6 Å². The molecular formula is C15H26O4. The molecule has 1 heterocycles. The van der Waals surface area contributed by atoms with Crippen LogP contribution in [0, 0.1) is 5.92 Å². The monoisotopic (exact) mass is 270 g/mol. The third-order valence-corrected chi connectivity index (χ3v) is 3.43. The number of hydrogen-bond donors (Lipinski definition) is 0. The van der Waals surface area contributed by atoms with E-state index in [0.717, 1.165) is 19.1 Å². The Hall–Kier alpha value is -0.710. The van der Waals surface area contributed by atoms with Gasteiger partial charge in [-0.05, 0) is 33.6 Å². The summed E-state index contributed by atoms with van der Waals surface area (Å²) in [7, 11) is 1.65. The van der Waals surface area contributed by atoms with E-state index in [-0.39, 0.29) is 18.1 Å². The highest BCUT2D eigenvalue weighted by Gasteiger charge is 2.31. The Morgan fingerprint density at radius 1 is 1.53 bits per heavy atom. The second-order valence-corrected chi connectivity index (χ2v) is 5.69. The lowest BCUT2D eigenvalue weighted by atomic mass is 9.99. The van der Waals surface area contributed by atoms with Gasteiger partial charge in [-0.1, -0.05) is 18.6 Å². The number of carbonyl (C=O) groups excluding carboxylic acids is 1. The van der Waals surface area contributed by atoms with E-state index in [2.05, 4.69) is 13.0 Å². The van der Waals surface area contributed by atoms with Crippen molar-refractivity contribution < 1.29 is 19.0 Å². The summed E-state index contributed by atoms with van der Waals surface area (Å²) in [6, 6.07) is 0. The van der Waals surface area contributed by atoms with Crippen molar-refractivity contribution in [2.24, 2.45) is 5.92 Å². The second-order valence-electron chi connectivity index (χ2n) is 5.69. The number of ether oxygens (including phenoxy) is 3. The first-order valence-corrected chi connectivity index (χ1v) is 6.85. The lowest BCUT2D eigenvalue weighted by molar-refractivity contribution is -0.133. The van der Waals surface area contributed by atoms with Crippen LogP contribution in [0.3, 0.4) is 0 Å². The molecule has 0 aromatic carbocycles. The molecule has 1 saturated heterocycles. The molecule has 3 atom stereocenters. The number of rotatable bonds is 7. The van der Waals surface area contributed by atoms with E-state index in [9.17, 15) is 4.79 Å². The van der Waals surface area contributed by atoms with Gasteiger partial charge in [-0.3, -0.25) is 0 Å². The Bertz CT molecular complexity index is 322. The van der Waals surface area contributed by atoms with E-state index < -0.39 is 5.79 Å². The Kier molecular flexibility index (Phi) is 6.17. The van der Waals surface area contributed by atoms with Crippen LogP contribution in [0.2, 0.25) is 0 Å². The minimum absolute atomic E-state index is 0.0157. The van der Waals surface area contributed by atoms with E-state index in [1.165, 1.54) is 5.57 Å². The lowest BCUT2D eigenvalue weighted by Crippen LogP contribution is -2.22. The maximum Gasteiger partial charge on any atom is 0.163 e. The molecule has 0 amide bonds. The van der Waals surface area contributed by atoms with Crippen molar-refractivity contribution in [3.05, 3.63) is 11.6 Å². The average molecular weight is 270 g/mol. The molecule has 0 aliphatic carbocycles. The summed E-state index contributed by atoms with van der Waals surface area (Å²) in [5.74, 6) is -0.550. The fraction of sp³-hybridized carbons (Fsp3) is 0.800. The van der Waals surface area contributed by atoms with Crippen LogP contribution in [0.5, 0.6) is 0 Å². The molecule has 0 aromatic rings. The van der Waals surface area contributed by atoms with Crippen molar-refractivity contribution in [1.82, 2.24) is 0 Å². The van der Waals surface area contributed by atoms with Crippen molar-refractivity contribution in [1.29, 1.82) is 0 Å². The zero-order valence-corrected chi connectivity index (χ0v) is 12.6. The normalized spacial score (nSPS) is 26.2. The molecule has 110 valence electrons. The Morgan fingerprint density at radius 3 is 2.68 bits per heavy atom. The van der Waals surface area contributed by atoms with Crippen LogP contribution >= 0.6 is 0 Å². The summed E-state index contributed by atoms with van der Waals surface area (Å²) in [5.41, 5.74) is 1.24. The molecule has 1 aliphatic rings. The third kappa shape index (κ3) is 5.43. The molecule has 0 bridgehead atoms. The van der Waals surface area contributed by atoms with E-state index in [0.29, 0.717) is 6.61 Å². The van der Waals surface area contributed by atoms with Crippen molar-refractivity contribution in [3.8, 4) is 0 Å². The van der Waals surface area contributed by atoms with Gasteiger partial charge in [-0.15, -0.1) is 0 Å². The molecule has 1 fully saturated rings. The molecule has 0 aromatic heterocycles. The molecule has 0 N–H and O–H groups in total. The molecule has 19 heavy (non-hydrogen) atoms. The van der Waals surface area contributed by atoms with Crippen molar-refractivity contribution in [2.45, 2.75) is 58.5 Å². The summed E-state index contributed by atoms with van der Waals surface area (Å²) >= 11 is 0. The highest BCUT2D eigenvalue weighted by Crippen LogP contribution is 2.24. The second kappa shape index (κ2) is 7.17. The number of carbonyl (C=O) groups is 1. The van der Waals surface area contributed by atoms with Gasteiger partial charge in [-0.2, -0.15) is 0 Å². The van der Waals surface area contributed by atoms with Crippen LogP contribution in [0.25, 0.3) is 0 Å². The minimum Gasteiger partial charge on any atom is -0.381 e. The summed E-state index contributed by atoms with van der Waals surface area (Å²) in [6.07, 6.45) is 4.81. The predicted molar refractivity (Wildman–Crippen MR) is 73.9 cm³/mol. The molecule has 4 heteroatoms. The first kappa shape index (κ1) is 16.3. The van der Waals surface area contributed by atoms with Crippen LogP contribution in [0.4, 0.5) is 0 Å². The summed E-state index contributed by atoms with van der Waals surface area (Å²) < 4.78 is 16.6. The maximum atomic E-state index is 10.8. The molecule has 1 unspecified atom stereocenters. The molecule has 0 spiro atoms. The Morgan fingerprint density at radius 2 is 2.21 bits per heavy atom. The van der Waals surface area contributed by atoms with Gasteiger partial charge < -0.3 is 19.0 Å². The van der Waals surface area contributed by atoms with Crippen LogP contribution in [0.1, 0.15) is 40.5 Å². The van der Waals surface area contributed by atoms with E-state index in [4.69, 9.17) is 14.2 Å². The number of methoxy groups -OCH3 is 1. The first-order valence-electron chi connectivity index (χ1n) is 6.85. The van der Waals surface area contributed by atoms with Crippen LogP contribution in [-0.4, -0.2) is 38.0 Å². The standard InChI is InChI=1S/C15H26O4/c1-11(6-7-14(17-5)12(2)9-16)8-13-10-18-15(3,4)19-13/h8-9,12-14H,6-7,10H2,1-5H3/b11-8-/t12-,13?,14-/m0/s1. The SMILES string of the molecule is CO[C@@H](CC/C(C)=C\C1COC(C)(C)O1)[C@@H](C)C=O. The third-order valence-electron chi connectivity index (χ3n) is 3.43. The zero-order chi connectivity index (χ0) is 14.5. The van der Waals surface area contributed by atoms with Gasteiger partial charge in [0.05, 0.1) is 12.7 Å². The van der Waals surface area contributed by atoms with Crippen molar-refractivity contribution in [3.63, 3.8) is 0 Å². The number of aldehydes is 1. The first-order chi connectivity index (χ1) is 8.88. The smallest absolute Gasteiger partial charge is 0.163 e. The minimum atomic E-state index is -0.484. The van der Waals surface area contributed by atoms with Gasteiger partial charge >= 0.3 is 0 Å². The predicted octanol–water partition coefficient (Wildman–Crippen LogP) is 2.71. The fourth-order valence-electron chi connectivity index (χ4n) is 2.25. The van der Waals surface area contributed by atoms with Crippen molar-refractivity contribution >= 4 is 6.29 Å². The quantitative estimate of drug-likeness (QED) is 0.527. The number of allylic oxidation sites excluding steroid dienone is 1. The van der Waals surface area contributed by atoms with E-state index >= 15 is 0 Å².